The summed E-state index contributed by atoms with van der Waals surface area (Å²) in [6.45, 7) is 7.63. The highest BCUT2D eigenvalue weighted by Crippen LogP contribution is 2.20. The van der Waals surface area contributed by atoms with Crippen molar-refractivity contribution in [2.45, 2.75) is 45.1 Å². The smallest absolute Gasteiger partial charge is 0.0469 e. The average Bonchev–Trinajstić information content (AvgIpc) is 2.49. The van der Waals surface area contributed by atoms with Crippen LogP contribution in [0.15, 0.2) is 30.3 Å². The van der Waals surface area contributed by atoms with Gasteiger partial charge in [-0.3, -0.25) is 0 Å². The zero-order valence-electron chi connectivity index (χ0n) is 12.3. The first-order valence-corrected chi connectivity index (χ1v) is 7.63. The Bertz CT molecular complexity index is 346. The molecule has 1 fully saturated rings. The molecule has 0 aliphatic carbocycles. The van der Waals surface area contributed by atoms with Gasteiger partial charge in [-0.1, -0.05) is 37.3 Å². The van der Waals surface area contributed by atoms with Crippen molar-refractivity contribution < 1.29 is 4.74 Å². The molecule has 1 aliphatic rings. The molecule has 0 aromatic heterocycles. The highest BCUT2D eigenvalue weighted by Gasteiger charge is 2.19. The van der Waals surface area contributed by atoms with E-state index in [-0.39, 0.29) is 0 Å². The third kappa shape index (κ3) is 4.63. The van der Waals surface area contributed by atoms with Crippen LogP contribution in [0.25, 0.3) is 0 Å². The van der Waals surface area contributed by atoms with E-state index in [2.05, 4.69) is 49.5 Å². The van der Waals surface area contributed by atoms with Crippen LogP contribution in [-0.4, -0.2) is 25.8 Å². The van der Waals surface area contributed by atoms with Crippen molar-refractivity contribution in [3.8, 4) is 0 Å². The van der Waals surface area contributed by atoms with Crippen LogP contribution in [-0.2, 0) is 4.74 Å². The Morgan fingerprint density at radius 1 is 1.16 bits per heavy atom. The SMILES string of the molecule is CC(CCNC(C)C1CCOCC1)c1ccccc1. The van der Waals surface area contributed by atoms with Gasteiger partial charge < -0.3 is 10.1 Å². The molecule has 19 heavy (non-hydrogen) atoms. The van der Waals surface area contributed by atoms with Crippen LogP contribution in [0.5, 0.6) is 0 Å². The molecule has 1 saturated heterocycles. The minimum atomic E-state index is 0.617. The lowest BCUT2D eigenvalue weighted by molar-refractivity contribution is 0.0559. The second kappa shape index (κ2) is 7.66. The number of hydrogen-bond acceptors (Lipinski definition) is 2. The quantitative estimate of drug-likeness (QED) is 0.845. The number of hydrogen-bond donors (Lipinski definition) is 1. The Kier molecular flexibility index (Phi) is 5.87. The molecular formula is C17H27NO. The van der Waals surface area contributed by atoms with Gasteiger partial charge in [-0.25, -0.2) is 0 Å². The lowest BCUT2D eigenvalue weighted by atomic mass is 9.92. The Labute approximate surface area is 117 Å². The first-order valence-electron chi connectivity index (χ1n) is 7.63. The van der Waals surface area contributed by atoms with Gasteiger partial charge in [0.1, 0.15) is 0 Å². The maximum absolute atomic E-state index is 5.42. The van der Waals surface area contributed by atoms with Gasteiger partial charge in [-0.05, 0) is 50.1 Å². The van der Waals surface area contributed by atoms with Crippen molar-refractivity contribution in [3.05, 3.63) is 35.9 Å². The van der Waals surface area contributed by atoms with E-state index in [0.717, 1.165) is 25.7 Å². The summed E-state index contributed by atoms with van der Waals surface area (Å²) in [4.78, 5) is 0. The van der Waals surface area contributed by atoms with Crippen molar-refractivity contribution in [3.63, 3.8) is 0 Å². The van der Waals surface area contributed by atoms with E-state index in [1.807, 2.05) is 0 Å². The van der Waals surface area contributed by atoms with E-state index in [0.29, 0.717) is 12.0 Å². The van der Waals surface area contributed by atoms with Crippen molar-refractivity contribution >= 4 is 0 Å². The fraction of sp³-hybridized carbons (Fsp3) is 0.647. The van der Waals surface area contributed by atoms with Crippen LogP contribution in [0.3, 0.4) is 0 Å². The summed E-state index contributed by atoms with van der Waals surface area (Å²) in [5.41, 5.74) is 1.45. The predicted molar refractivity (Wildman–Crippen MR) is 80.5 cm³/mol. The zero-order valence-corrected chi connectivity index (χ0v) is 12.3. The highest BCUT2D eigenvalue weighted by atomic mass is 16.5. The molecule has 2 unspecified atom stereocenters. The molecule has 1 N–H and O–H groups in total. The summed E-state index contributed by atoms with van der Waals surface area (Å²) in [5, 5.41) is 3.70. The normalized spacial score (nSPS) is 20.1. The van der Waals surface area contributed by atoms with Crippen molar-refractivity contribution in [2.75, 3.05) is 19.8 Å². The van der Waals surface area contributed by atoms with Crippen LogP contribution in [0, 0.1) is 5.92 Å². The second-order valence-electron chi connectivity index (χ2n) is 5.79. The minimum absolute atomic E-state index is 0.617. The minimum Gasteiger partial charge on any atom is -0.381 e. The van der Waals surface area contributed by atoms with Gasteiger partial charge in [0.15, 0.2) is 0 Å². The second-order valence-corrected chi connectivity index (χ2v) is 5.79. The molecule has 0 spiro atoms. The van der Waals surface area contributed by atoms with Gasteiger partial charge in [0.2, 0.25) is 0 Å². The largest absolute Gasteiger partial charge is 0.381 e. The van der Waals surface area contributed by atoms with Crippen molar-refractivity contribution in [1.82, 2.24) is 5.32 Å². The Balaban J connectivity index is 1.68. The molecule has 0 radical (unpaired) electrons. The van der Waals surface area contributed by atoms with Crippen LogP contribution in [0.1, 0.15) is 44.6 Å². The summed E-state index contributed by atoms with van der Waals surface area (Å²) >= 11 is 0. The van der Waals surface area contributed by atoms with Crippen LogP contribution in [0.4, 0.5) is 0 Å². The van der Waals surface area contributed by atoms with Crippen LogP contribution >= 0.6 is 0 Å². The van der Waals surface area contributed by atoms with E-state index >= 15 is 0 Å². The topological polar surface area (TPSA) is 21.3 Å². The van der Waals surface area contributed by atoms with Crippen molar-refractivity contribution in [1.29, 1.82) is 0 Å². The molecule has 0 amide bonds. The van der Waals surface area contributed by atoms with Gasteiger partial charge >= 0.3 is 0 Å². The standard InChI is InChI=1S/C17H27NO/c1-14(16-6-4-3-5-7-16)8-11-18-15(2)17-9-12-19-13-10-17/h3-7,14-15,17-18H,8-13H2,1-2H3. The van der Waals surface area contributed by atoms with E-state index in [4.69, 9.17) is 4.74 Å². The molecule has 1 heterocycles. The Morgan fingerprint density at radius 2 is 1.84 bits per heavy atom. The summed E-state index contributed by atoms with van der Waals surface area (Å²) in [7, 11) is 0. The maximum Gasteiger partial charge on any atom is 0.0469 e. The van der Waals surface area contributed by atoms with Gasteiger partial charge in [-0.2, -0.15) is 0 Å². The number of nitrogens with one attached hydrogen (secondary N) is 1. The fourth-order valence-corrected chi connectivity index (χ4v) is 2.86. The summed E-state index contributed by atoms with van der Waals surface area (Å²) in [5.74, 6) is 1.43. The molecule has 1 aliphatic heterocycles. The monoisotopic (exact) mass is 261 g/mol. The Hall–Kier alpha value is -0.860. The van der Waals surface area contributed by atoms with Crippen molar-refractivity contribution in [2.24, 2.45) is 5.92 Å². The van der Waals surface area contributed by atoms with Crippen LogP contribution < -0.4 is 5.32 Å². The lowest BCUT2D eigenvalue weighted by Gasteiger charge is -2.28. The van der Waals surface area contributed by atoms with E-state index in [9.17, 15) is 0 Å². The molecule has 1 aromatic carbocycles. The fourth-order valence-electron chi connectivity index (χ4n) is 2.86. The highest BCUT2D eigenvalue weighted by molar-refractivity contribution is 5.18. The number of rotatable bonds is 6. The molecule has 0 saturated carbocycles. The average molecular weight is 261 g/mol. The summed E-state index contributed by atoms with van der Waals surface area (Å²) in [6.07, 6.45) is 3.63. The molecule has 2 atom stereocenters. The Morgan fingerprint density at radius 3 is 2.53 bits per heavy atom. The predicted octanol–water partition coefficient (Wildman–Crippen LogP) is 3.58. The molecule has 2 heteroatoms. The van der Waals surface area contributed by atoms with E-state index in [1.165, 1.54) is 24.8 Å². The number of ether oxygens (including phenoxy) is 1. The van der Waals surface area contributed by atoms with Gasteiger partial charge in [0.05, 0.1) is 0 Å². The van der Waals surface area contributed by atoms with Gasteiger partial charge in [0, 0.05) is 19.3 Å². The molecule has 1 aromatic rings. The molecule has 106 valence electrons. The third-order valence-electron chi connectivity index (χ3n) is 4.39. The molecular weight excluding hydrogens is 234 g/mol. The summed E-state index contributed by atoms with van der Waals surface area (Å²) in [6, 6.07) is 11.4. The van der Waals surface area contributed by atoms with Gasteiger partial charge in [-0.15, -0.1) is 0 Å². The van der Waals surface area contributed by atoms with E-state index in [1.54, 1.807) is 0 Å². The first-order chi connectivity index (χ1) is 9.27. The van der Waals surface area contributed by atoms with E-state index < -0.39 is 0 Å². The first kappa shape index (κ1) is 14.5. The molecule has 2 rings (SSSR count). The molecule has 0 bridgehead atoms. The number of benzene rings is 1. The van der Waals surface area contributed by atoms with Gasteiger partial charge in [0.25, 0.3) is 0 Å². The molecule has 2 nitrogen and oxygen atoms in total. The zero-order chi connectivity index (χ0) is 13.5. The maximum atomic E-state index is 5.42. The lowest BCUT2D eigenvalue weighted by Crippen LogP contribution is -2.37. The summed E-state index contributed by atoms with van der Waals surface area (Å²) < 4.78 is 5.42. The third-order valence-corrected chi connectivity index (χ3v) is 4.39. The van der Waals surface area contributed by atoms with Crippen LogP contribution in [0.2, 0.25) is 0 Å².